The first-order valence-corrected chi connectivity index (χ1v) is 28.5. The Morgan fingerprint density at radius 2 is 0.864 bits per heavy atom. The number of hydrogen-bond acceptors (Lipinski definition) is 7. The van der Waals surface area contributed by atoms with Crippen LogP contribution < -0.4 is 0 Å². The summed E-state index contributed by atoms with van der Waals surface area (Å²) in [7, 11) is 1.48. The van der Waals surface area contributed by atoms with Gasteiger partial charge in [0, 0.05) is 12.8 Å². The van der Waals surface area contributed by atoms with Crippen LogP contribution in [0.1, 0.15) is 232 Å². The summed E-state index contributed by atoms with van der Waals surface area (Å²) >= 11 is 0. The zero-order valence-corrected chi connectivity index (χ0v) is 44.3. The number of ether oxygens (including phenoxy) is 2. The summed E-state index contributed by atoms with van der Waals surface area (Å²) in [5.74, 6) is -0.793. The number of hydrogen-bond donors (Lipinski definition) is 1. The maximum absolute atomic E-state index is 12.8. The largest absolute Gasteiger partial charge is 0.472 e. The molecule has 2 unspecified atom stereocenters. The Labute approximate surface area is 406 Å². The zero-order valence-electron chi connectivity index (χ0n) is 43.4. The average Bonchev–Trinajstić information content (AvgIpc) is 3.27. The molecule has 0 radical (unpaired) electrons. The van der Waals surface area contributed by atoms with E-state index in [2.05, 4.69) is 74.6 Å². The molecule has 0 fully saturated rings. The van der Waals surface area contributed by atoms with E-state index < -0.39 is 26.5 Å². The van der Waals surface area contributed by atoms with Crippen LogP contribution >= 0.6 is 7.82 Å². The summed E-state index contributed by atoms with van der Waals surface area (Å²) < 4.78 is 34.4. The molecule has 0 bridgehead atoms. The molecule has 0 heterocycles. The summed E-state index contributed by atoms with van der Waals surface area (Å²) in [6, 6.07) is 0. The lowest BCUT2D eigenvalue weighted by Gasteiger charge is -2.24. The predicted molar refractivity (Wildman–Crippen MR) is 279 cm³/mol. The van der Waals surface area contributed by atoms with Crippen LogP contribution in [0.5, 0.6) is 0 Å². The van der Waals surface area contributed by atoms with Crippen LogP contribution in [0.3, 0.4) is 0 Å². The van der Waals surface area contributed by atoms with Gasteiger partial charge in [-0.3, -0.25) is 18.6 Å². The summed E-state index contributed by atoms with van der Waals surface area (Å²) in [5, 5.41) is 0. The Hall–Kier alpha value is -2.29. The van der Waals surface area contributed by atoms with E-state index in [-0.39, 0.29) is 25.6 Å². The van der Waals surface area contributed by atoms with Crippen molar-refractivity contribution in [3.63, 3.8) is 0 Å². The van der Waals surface area contributed by atoms with E-state index >= 15 is 0 Å². The Morgan fingerprint density at radius 1 is 0.485 bits per heavy atom. The van der Waals surface area contributed by atoms with E-state index in [9.17, 15) is 19.0 Å². The van der Waals surface area contributed by atoms with Crippen molar-refractivity contribution in [1.82, 2.24) is 0 Å². The minimum Gasteiger partial charge on any atom is -0.462 e. The van der Waals surface area contributed by atoms with Gasteiger partial charge < -0.3 is 18.9 Å². The number of phosphoric ester groups is 1. The summed E-state index contributed by atoms with van der Waals surface area (Å²) in [4.78, 5) is 35.5. The molecule has 1 N–H and O–H groups in total. The Bertz CT molecular complexity index is 1300. The van der Waals surface area contributed by atoms with E-state index in [0.29, 0.717) is 23.9 Å². The second kappa shape index (κ2) is 47.8. The maximum Gasteiger partial charge on any atom is 0.472 e. The van der Waals surface area contributed by atoms with Crippen molar-refractivity contribution in [2.75, 3.05) is 47.5 Å². The lowest BCUT2D eigenvalue weighted by molar-refractivity contribution is -0.870. The number of carbonyl (C=O) groups is 2. The SMILES string of the molecule is CC/C=C\C/C=C\C/C=C\C/C=C\C/C=C\CCCCCCCCCCCCCCCCCC(=O)OC(COC(=O)CCCCCCCCCCCCC)COP(=O)(O)OCC[N+](C)(C)C. The number of allylic oxidation sites excluding steroid dienone is 10. The number of rotatable bonds is 49. The molecule has 0 aromatic rings. The highest BCUT2D eigenvalue weighted by Gasteiger charge is 2.27. The van der Waals surface area contributed by atoms with Crippen molar-refractivity contribution < 1.29 is 42.1 Å². The molecular formula is C56H103NO8P+. The maximum atomic E-state index is 12.8. The van der Waals surface area contributed by atoms with Gasteiger partial charge in [-0.1, -0.05) is 222 Å². The van der Waals surface area contributed by atoms with Gasteiger partial charge in [-0.05, 0) is 57.8 Å². The van der Waals surface area contributed by atoms with Gasteiger partial charge in [0.15, 0.2) is 6.10 Å². The highest BCUT2D eigenvalue weighted by atomic mass is 31.2. The second-order valence-electron chi connectivity index (χ2n) is 19.2. The van der Waals surface area contributed by atoms with Crippen LogP contribution in [0.4, 0.5) is 0 Å². The van der Waals surface area contributed by atoms with E-state index in [1.807, 2.05) is 21.1 Å². The minimum absolute atomic E-state index is 0.0321. The molecule has 0 saturated carbocycles. The molecule has 2 atom stereocenters. The minimum atomic E-state index is -4.38. The molecule has 0 aromatic heterocycles. The second-order valence-corrected chi connectivity index (χ2v) is 20.7. The Morgan fingerprint density at radius 3 is 1.29 bits per heavy atom. The van der Waals surface area contributed by atoms with Crippen LogP contribution in [-0.4, -0.2) is 74.9 Å². The number of likely N-dealkylation sites (N-methyl/N-ethyl adjacent to an activating group) is 1. The van der Waals surface area contributed by atoms with Crippen molar-refractivity contribution >= 4 is 19.8 Å². The third-order valence-electron chi connectivity index (χ3n) is 11.6. The van der Waals surface area contributed by atoms with Crippen LogP contribution in [0.25, 0.3) is 0 Å². The number of carbonyl (C=O) groups excluding carboxylic acids is 2. The predicted octanol–water partition coefficient (Wildman–Crippen LogP) is 16.4. The fraction of sp³-hybridized carbons (Fsp3) is 0.786. The number of nitrogens with zero attached hydrogens (tertiary/aromatic N) is 1. The number of unbranched alkanes of at least 4 members (excludes halogenated alkanes) is 25. The van der Waals surface area contributed by atoms with Crippen molar-refractivity contribution in [3.05, 3.63) is 60.8 Å². The highest BCUT2D eigenvalue weighted by Crippen LogP contribution is 2.43. The third-order valence-corrected chi connectivity index (χ3v) is 12.5. The average molecular weight is 949 g/mol. The normalized spacial score (nSPS) is 13.8. The van der Waals surface area contributed by atoms with Crippen LogP contribution in [0.15, 0.2) is 60.8 Å². The molecule has 0 saturated heterocycles. The van der Waals surface area contributed by atoms with Gasteiger partial charge in [0.2, 0.25) is 0 Å². The molecule has 66 heavy (non-hydrogen) atoms. The van der Waals surface area contributed by atoms with Crippen LogP contribution in [-0.2, 0) is 32.7 Å². The molecule has 0 aliphatic heterocycles. The summed E-state index contributed by atoms with van der Waals surface area (Å²) in [5.41, 5.74) is 0. The van der Waals surface area contributed by atoms with Crippen molar-refractivity contribution in [1.29, 1.82) is 0 Å². The molecule has 9 nitrogen and oxygen atoms in total. The summed E-state index contributed by atoms with van der Waals surface area (Å²) in [6.45, 7) is 4.32. The van der Waals surface area contributed by atoms with Gasteiger partial charge in [-0.15, -0.1) is 0 Å². The van der Waals surface area contributed by atoms with Gasteiger partial charge in [-0.2, -0.15) is 0 Å². The quantitative estimate of drug-likeness (QED) is 0.0211. The van der Waals surface area contributed by atoms with Gasteiger partial charge >= 0.3 is 19.8 Å². The van der Waals surface area contributed by atoms with E-state index in [4.69, 9.17) is 18.5 Å². The molecule has 0 rings (SSSR count). The molecule has 0 amide bonds. The van der Waals surface area contributed by atoms with Crippen molar-refractivity contribution in [2.45, 2.75) is 238 Å². The first kappa shape index (κ1) is 63.7. The van der Waals surface area contributed by atoms with E-state index in [1.165, 1.54) is 135 Å². The van der Waals surface area contributed by atoms with Crippen molar-refractivity contribution in [3.8, 4) is 0 Å². The van der Waals surface area contributed by atoms with Crippen molar-refractivity contribution in [2.24, 2.45) is 0 Å². The van der Waals surface area contributed by atoms with E-state index in [1.54, 1.807) is 0 Å². The molecule has 0 aromatic carbocycles. The number of phosphoric acid groups is 1. The Balaban J connectivity index is 4.05. The van der Waals surface area contributed by atoms with Gasteiger partial charge in [0.1, 0.15) is 19.8 Å². The Kier molecular flexibility index (Phi) is 46.1. The van der Waals surface area contributed by atoms with Crippen LogP contribution in [0.2, 0.25) is 0 Å². The molecule has 384 valence electrons. The standard InChI is InChI=1S/C56H102NO8P/c1-6-8-10-12-14-16-18-19-20-21-22-23-24-25-26-27-28-29-30-31-32-33-34-35-36-37-39-41-43-45-47-49-56(59)65-54(53-64-66(60,61)63-51-50-57(3,4)5)52-62-55(58)48-46-44-42-40-38-17-15-13-11-9-7-2/h8,10,14,16,19-20,22-23,25-26,54H,6-7,9,11-13,15,17-18,21,24,27-53H2,1-5H3/p+1/b10-8-,16-14-,20-19-,23-22-,26-25-. The number of quaternary nitrogens is 1. The zero-order chi connectivity index (χ0) is 48.5. The van der Waals surface area contributed by atoms with Gasteiger partial charge in [-0.25, -0.2) is 4.57 Å². The molecule has 0 spiro atoms. The molecule has 0 aliphatic carbocycles. The monoisotopic (exact) mass is 949 g/mol. The first-order valence-electron chi connectivity index (χ1n) is 27.0. The lowest BCUT2D eigenvalue weighted by atomic mass is 10.0. The molecule has 0 aliphatic rings. The van der Waals surface area contributed by atoms with E-state index in [0.717, 1.165) is 64.2 Å². The fourth-order valence-electron chi connectivity index (χ4n) is 7.40. The molecular weight excluding hydrogens is 846 g/mol. The third kappa shape index (κ3) is 51.1. The van der Waals surface area contributed by atoms with Crippen LogP contribution in [0, 0.1) is 0 Å². The van der Waals surface area contributed by atoms with Gasteiger partial charge in [0.25, 0.3) is 0 Å². The molecule has 10 heteroatoms. The first-order chi connectivity index (χ1) is 32.0. The smallest absolute Gasteiger partial charge is 0.462 e. The highest BCUT2D eigenvalue weighted by molar-refractivity contribution is 7.47. The topological polar surface area (TPSA) is 108 Å². The fourth-order valence-corrected chi connectivity index (χ4v) is 8.14. The lowest BCUT2D eigenvalue weighted by Crippen LogP contribution is -2.37. The van der Waals surface area contributed by atoms with Gasteiger partial charge in [0.05, 0.1) is 27.7 Å². The number of esters is 2. The summed E-state index contributed by atoms with van der Waals surface area (Å²) in [6.07, 6.45) is 60.1.